The van der Waals surface area contributed by atoms with E-state index in [0.717, 1.165) is 31.4 Å². The quantitative estimate of drug-likeness (QED) is 0.858. The van der Waals surface area contributed by atoms with Gasteiger partial charge in [-0.1, -0.05) is 37.3 Å². The summed E-state index contributed by atoms with van der Waals surface area (Å²) in [7, 11) is 0. The van der Waals surface area contributed by atoms with Gasteiger partial charge in [-0.2, -0.15) is 0 Å². The molecule has 0 radical (unpaired) electrons. The largest absolute Gasteiger partial charge is 0.387 e. The van der Waals surface area contributed by atoms with Crippen LogP contribution in [0.5, 0.6) is 0 Å². The third-order valence-corrected chi connectivity index (χ3v) is 4.13. The Morgan fingerprint density at radius 2 is 2.16 bits per heavy atom. The Morgan fingerprint density at radius 3 is 2.84 bits per heavy atom. The van der Waals surface area contributed by atoms with Crippen LogP contribution >= 0.6 is 0 Å². The van der Waals surface area contributed by atoms with Gasteiger partial charge in [-0.15, -0.1) is 0 Å². The normalized spacial score (nSPS) is 29.1. The monoisotopic (exact) mass is 263 g/mol. The fraction of sp³-hybridized carbons (Fsp3) is 0.625. The highest BCUT2D eigenvalue weighted by Gasteiger charge is 2.31. The molecule has 1 fully saturated rings. The summed E-state index contributed by atoms with van der Waals surface area (Å²) in [6.07, 6.45) is 2.64. The maximum atomic E-state index is 10.1. The molecule has 1 aliphatic rings. The van der Waals surface area contributed by atoms with E-state index >= 15 is 0 Å². The Kier molecular flexibility index (Phi) is 4.97. The summed E-state index contributed by atoms with van der Waals surface area (Å²) in [4.78, 5) is 0. The minimum Gasteiger partial charge on any atom is -0.387 e. The van der Waals surface area contributed by atoms with Crippen LogP contribution in [0.3, 0.4) is 0 Å². The average Bonchev–Trinajstić information content (AvgIpc) is 2.46. The molecule has 2 N–H and O–H groups in total. The molecule has 1 heterocycles. The molecule has 0 amide bonds. The standard InChI is InChI=1S/C16H25NO2/c1-3-16(2)11-14(9-10-19-16)17-12-15(18)13-7-5-4-6-8-13/h4-8,14-15,17-18H,3,9-12H2,1-2H3. The summed E-state index contributed by atoms with van der Waals surface area (Å²) >= 11 is 0. The van der Waals surface area contributed by atoms with Crippen LogP contribution in [0.25, 0.3) is 0 Å². The maximum Gasteiger partial charge on any atom is 0.0914 e. The van der Waals surface area contributed by atoms with Crippen LogP contribution in [0, 0.1) is 0 Å². The molecular formula is C16H25NO2. The smallest absolute Gasteiger partial charge is 0.0914 e. The number of aliphatic hydroxyl groups is 1. The second-order valence-corrected chi connectivity index (χ2v) is 5.68. The highest BCUT2D eigenvalue weighted by molar-refractivity contribution is 5.17. The number of hydrogen-bond donors (Lipinski definition) is 2. The van der Waals surface area contributed by atoms with Gasteiger partial charge in [0.1, 0.15) is 0 Å². The zero-order valence-corrected chi connectivity index (χ0v) is 11.9. The molecule has 1 saturated heterocycles. The molecule has 0 spiro atoms. The number of rotatable bonds is 5. The lowest BCUT2D eigenvalue weighted by Gasteiger charge is -2.38. The Labute approximate surface area is 116 Å². The molecule has 3 heteroatoms. The van der Waals surface area contributed by atoms with E-state index in [-0.39, 0.29) is 5.60 Å². The van der Waals surface area contributed by atoms with Crippen molar-refractivity contribution in [1.82, 2.24) is 5.32 Å². The molecule has 2 rings (SSSR count). The molecule has 19 heavy (non-hydrogen) atoms. The van der Waals surface area contributed by atoms with E-state index in [2.05, 4.69) is 19.2 Å². The molecule has 3 nitrogen and oxygen atoms in total. The SMILES string of the molecule is CCC1(C)CC(NCC(O)c2ccccc2)CCO1. The Balaban J connectivity index is 1.82. The molecule has 0 aromatic heterocycles. The van der Waals surface area contributed by atoms with Gasteiger partial charge < -0.3 is 15.2 Å². The maximum absolute atomic E-state index is 10.1. The summed E-state index contributed by atoms with van der Waals surface area (Å²) < 4.78 is 5.83. The second kappa shape index (κ2) is 6.51. The number of ether oxygens (including phenoxy) is 1. The molecule has 0 saturated carbocycles. The van der Waals surface area contributed by atoms with Gasteiger partial charge in [-0.25, -0.2) is 0 Å². The number of hydrogen-bond acceptors (Lipinski definition) is 3. The van der Waals surface area contributed by atoms with Crippen molar-refractivity contribution in [2.24, 2.45) is 0 Å². The number of aliphatic hydroxyl groups excluding tert-OH is 1. The minimum atomic E-state index is -0.433. The van der Waals surface area contributed by atoms with E-state index in [9.17, 15) is 5.11 Å². The molecular weight excluding hydrogens is 238 g/mol. The van der Waals surface area contributed by atoms with Crippen molar-refractivity contribution in [1.29, 1.82) is 0 Å². The summed E-state index contributed by atoms with van der Waals surface area (Å²) in [5.74, 6) is 0. The van der Waals surface area contributed by atoms with E-state index in [1.165, 1.54) is 0 Å². The summed E-state index contributed by atoms with van der Waals surface area (Å²) in [5.41, 5.74) is 0.966. The van der Waals surface area contributed by atoms with Crippen molar-refractivity contribution in [3.05, 3.63) is 35.9 Å². The molecule has 0 bridgehead atoms. The van der Waals surface area contributed by atoms with Crippen molar-refractivity contribution < 1.29 is 9.84 Å². The summed E-state index contributed by atoms with van der Waals surface area (Å²) in [5, 5.41) is 13.6. The van der Waals surface area contributed by atoms with Gasteiger partial charge in [0.2, 0.25) is 0 Å². The number of nitrogens with one attached hydrogen (secondary N) is 1. The van der Waals surface area contributed by atoms with Crippen LogP contribution in [0.1, 0.15) is 44.8 Å². The molecule has 106 valence electrons. The van der Waals surface area contributed by atoms with Crippen molar-refractivity contribution in [2.45, 2.75) is 50.9 Å². The third-order valence-electron chi connectivity index (χ3n) is 4.13. The second-order valence-electron chi connectivity index (χ2n) is 5.68. The fourth-order valence-electron chi connectivity index (χ4n) is 2.62. The van der Waals surface area contributed by atoms with Gasteiger partial charge in [-0.3, -0.25) is 0 Å². The lowest BCUT2D eigenvalue weighted by atomic mass is 9.90. The first kappa shape index (κ1) is 14.5. The van der Waals surface area contributed by atoms with Gasteiger partial charge in [-0.05, 0) is 31.7 Å². The average molecular weight is 263 g/mol. The van der Waals surface area contributed by atoms with Crippen molar-refractivity contribution in [3.8, 4) is 0 Å². The highest BCUT2D eigenvalue weighted by Crippen LogP contribution is 2.27. The topological polar surface area (TPSA) is 41.5 Å². The van der Waals surface area contributed by atoms with E-state index in [1.807, 2.05) is 30.3 Å². The van der Waals surface area contributed by atoms with E-state index in [4.69, 9.17) is 4.74 Å². The zero-order chi connectivity index (χ0) is 13.7. The molecule has 3 atom stereocenters. The summed E-state index contributed by atoms with van der Waals surface area (Å²) in [6, 6.07) is 10.3. The van der Waals surface area contributed by atoms with Gasteiger partial charge >= 0.3 is 0 Å². The van der Waals surface area contributed by atoms with Crippen molar-refractivity contribution in [2.75, 3.05) is 13.2 Å². The van der Waals surface area contributed by atoms with Crippen LogP contribution in [0.15, 0.2) is 30.3 Å². The van der Waals surface area contributed by atoms with Crippen LogP contribution in [0.2, 0.25) is 0 Å². The lowest BCUT2D eigenvalue weighted by molar-refractivity contribution is -0.0787. The van der Waals surface area contributed by atoms with E-state index in [1.54, 1.807) is 0 Å². The first-order chi connectivity index (χ1) is 9.13. The van der Waals surface area contributed by atoms with E-state index < -0.39 is 6.10 Å². The van der Waals surface area contributed by atoms with Crippen LogP contribution in [0.4, 0.5) is 0 Å². The van der Waals surface area contributed by atoms with Crippen LogP contribution in [-0.2, 0) is 4.74 Å². The Morgan fingerprint density at radius 1 is 1.42 bits per heavy atom. The van der Waals surface area contributed by atoms with Crippen molar-refractivity contribution >= 4 is 0 Å². The molecule has 1 aromatic rings. The predicted octanol–water partition coefficient (Wildman–Crippen LogP) is 2.66. The fourth-order valence-corrected chi connectivity index (χ4v) is 2.62. The first-order valence-corrected chi connectivity index (χ1v) is 7.23. The van der Waals surface area contributed by atoms with Gasteiger partial charge in [0.25, 0.3) is 0 Å². The minimum absolute atomic E-state index is 0.00633. The zero-order valence-electron chi connectivity index (χ0n) is 11.9. The van der Waals surface area contributed by atoms with Gasteiger partial charge in [0, 0.05) is 19.2 Å². The van der Waals surface area contributed by atoms with Gasteiger partial charge in [0.05, 0.1) is 11.7 Å². The van der Waals surface area contributed by atoms with Gasteiger partial charge in [0.15, 0.2) is 0 Å². The molecule has 1 aromatic carbocycles. The Bertz CT molecular complexity index is 382. The summed E-state index contributed by atoms with van der Waals surface area (Å²) in [6.45, 7) is 5.76. The number of benzene rings is 1. The highest BCUT2D eigenvalue weighted by atomic mass is 16.5. The molecule has 3 unspecified atom stereocenters. The molecule has 0 aliphatic carbocycles. The van der Waals surface area contributed by atoms with E-state index in [0.29, 0.717) is 12.6 Å². The van der Waals surface area contributed by atoms with Crippen molar-refractivity contribution in [3.63, 3.8) is 0 Å². The lowest BCUT2D eigenvalue weighted by Crippen LogP contribution is -2.46. The first-order valence-electron chi connectivity index (χ1n) is 7.23. The third kappa shape index (κ3) is 4.03. The predicted molar refractivity (Wildman–Crippen MR) is 77.1 cm³/mol. The molecule has 1 aliphatic heterocycles. The Hall–Kier alpha value is -0.900. The van der Waals surface area contributed by atoms with Crippen LogP contribution in [-0.4, -0.2) is 29.9 Å². The van der Waals surface area contributed by atoms with Crippen LogP contribution < -0.4 is 5.32 Å².